The smallest absolute Gasteiger partial charge is 0.264 e. The molecule has 0 bridgehead atoms. The van der Waals surface area contributed by atoms with Gasteiger partial charge < -0.3 is 15.0 Å². The highest BCUT2D eigenvalue weighted by Gasteiger charge is 2.35. The molecule has 1 N–H and O–H groups in total. The van der Waals surface area contributed by atoms with Gasteiger partial charge >= 0.3 is 0 Å². The summed E-state index contributed by atoms with van der Waals surface area (Å²) in [6, 6.07) is 25.5. The van der Waals surface area contributed by atoms with Crippen molar-refractivity contribution in [3.05, 3.63) is 125 Å². The van der Waals surface area contributed by atoms with Gasteiger partial charge in [0.05, 0.1) is 17.7 Å². The average Bonchev–Trinajstić information content (AvgIpc) is 3.03. The van der Waals surface area contributed by atoms with E-state index in [-0.39, 0.29) is 29.6 Å². The third kappa shape index (κ3) is 8.61. The van der Waals surface area contributed by atoms with Gasteiger partial charge in [-0.2, -0.15) is 0 Å². The predicted octanol–water partition coefficient (Wildman–Crippen LogP) is 5.85. The van der Waals surface area contributed by atoms with Gasteiger partial charge in [0.2, 0.25) is 11.8 Å². The number of amides is 2. The van der Waals surface area contributed by atoms with Crippen LogP contribution in [-0.2, 0) is 32.6 Å². The number of nitrogens with zero attached hydrogens (tertiary/aromatic N) is 2. The van der Waals surface area contributed by atoms with Crippen LogP contribution in [-0.4, -0.2) is 50.9 Å². The van der Waals surface area contributed by atoms with Crippen molar-refractivity contribution < 1.29 is 27.1 Å². The van der Waals surface area contributed by atoms with E-state index in [2.05, 4.69) is 5.32 Å². The van der Waals surface area contributed by atoms with E-state index in [0.29, 0.717) is 16.3 Å². The van der Waals surface area contributed by atoms with E-state index in [1.54, 1.807) is 24.3 Å². The molecule has 0 aromatic heterocycles. The Kier molecular flexibility index (Phi) is 11.2. The van der Waals surface area contributed by atoms with Crippen molar-refractivity contribution in [1.82, 2.24) is 10.2 Å². The molecule has 0 fully saturated rings. The minimum Gasteiger partial charge on any atom is -0.497 e. The van der Waals surface area contributed by atoms with E-state index in [1.165, 1.54) is 48.4 Å². The normalized spacial score (nSPS) is 12.0. The molecule has 4 aromatic carbocycles. The summed E-state index contributed by atoms with van der Waals surface area (Å²) in [5.41, 5.74) is 1.46. The molecule has 236 valence electrons. The molecule has 4 aromatic rings. The Hall–Kier alpha value is -4.41. The van der Waals surface area contributed by atoms with E-state index in [4.69, 9.17) is 16.3 Å². The molecule has 0 aliphatic rings. The number of hydrogen-bond donors (Lipinski definition) is 1. The van der Waals surface area contributed by atoms with Gasteiger partial charge in [0.15, 0.2) is 0 Å². The predicted molar refractivity (Wildman–Crippen MR) is 173 cm³/mol. The first-order valence-electron chi connectivity index (χ1n) is 14.3. The maximum atomic E-state index is 14.4. The summed E-state index contributed by atoms with van der Waals surface area (Å²) in [4.78, 5) is 29.4. The highest BCUT2D eigenvalue weighted by molar-refractivity contribution is 7.92. The molecule has 2 amide bonds. The van der Waals surface area contributed by atoms with Gasteiger partial charge in [0, 0.05) is 24.0 Å². The minimum absolute atomic E-state index is 0.0681. The third-order valence-electron chi connectivity index (χ3n) is 7.04. The van der Waals surface area contributed by atoms with E-state index >= 15 is 0 Å². The van der Waals surface area contributed by atoms with Crippen LogP contribution < -0.4 is 14.4 Å². The number of hydrogen-bond acceptors (Lipinski definition) is 5. The number of carbonyl (C=O) groups excluding carboxylic acids is 2. The number of halogens is 2. The standard InChI is InChI=1S/C34H35ClFN3O5S/c1-24(2)37-34(41)32(21-25-9-5-4-6-10-25)38(22-26-11-7-8-12-31(26)35)33(40)23-39(28-15-13-27(36)14-16-28)45(42,43)30-19-17-29(44-3)18-20-30/h4-20,24,32H,21-23H2,1-3H3,(H,37,41). The average molecular weight is 652 g/mol. The topological polar surface area (TPSA) is 96.0 Å². The van der Waals surface area contributed by atoms with Crippen LogP contribution in [0.3, 0.4) is 0 Å². The molecule has 4 rings (SSSR count). The van der Waals surface area contributed by atoms with Crippen LogP contribution in [0.25, 0.3) is 0 Å². The van der Waals surface area contributed by atoms with E-state index in [1.807, 2.05) is 44.2 Å². The molecule has 0 spiro atoms. The maximum Gasteiger partial charge on any atom is 0.264 e. The highest BCUT2D eigenvalue weighted by Crippen LogP contribution is 2.27. The molecular formula is C34H35ClFN3O5S. The van der Waals surface area contributed by atoms with Crippen LogP contribution in [0, 0.1) is 5.82 Å². The molecular weight excluding hydrogens is 617 g/mol. The number of methoxy groups -OCH3 is 1. The number of anilines is 1. The summed E-state index contributed by atoms with van der Waals surface area (Å²) in [7, 11) is -2.88. The summed E-state index contributed by atoms with van der Waals surface area (Å²) in [5.74, 6) is -1.18. The van der Waals surface area contributed by atoms with Crippen molar-refractivity contribution in [3.8, 4) is 5.75 Å². The van der Waals surface area contributed by atoms with Gasteiger partial charge in [0.1, 0.15) is 24.2 Å². The van der Waals surface area contributed by atoms with Crippen LogP contribution >= 0.6 is 11.6 Å². The SMILES string of the molecule is COc1ccc(S(=O)(=O)N(CC(=O)N(Cc2ccccc2Cl)C(Cc2ccccc2)C(=O)NC(C)C)c2ccc(F)cc2)cc1. The largest absolute Gasteiger partial charge is 0.497 e. The second-order valence-electron chi connectivity index (χ2n) is 10.6. The van der Waals surface area contributed by atoms with Gasteiger partial charge in [-0.15, -0.1) is 0 Å². The van der Waals surface area contributed by atoms with Crippen LogP contribution in [0.1, 0.15) is 25.0 Å². The summed E-state index contributed by atoms with van der Waals surface area (Å²) in [6.45, 7) is 2.89. The van der Waals surface area contributed by atoms with Gasteiger partial charge in [-0.05, 0) is 79.6 Å². The van der Waals surface area contributed by atoms with Crippen LogP contribution in [0.5, 0.6) is 5.75 Å². The fourth-order valence-corrected chi connectivity index (χ4v) is 6.37. The summed E-state index contributed by atoms with van der Waals surface area (Å²) in [5, 5.41) is 3.29. The molecule has 11 heteroatoms. The van der Waals surface area contributed by atoms with E-state index in [9.17, 15) is 22.4 Å². The van der Waals surface area contributed by atoms with Crippen molar-refractivity contribution in [2.24, 2.45) is 0 Å². The second kappa shape index (κ2) is 15.0. The lowest BCUT2D eigenvalue weighted by Crippen LogP contribution is -2.54. The summed E-state index contributed by atoms with van der Waals surface area (Å²) in [6.07, 6.45) is 0.164. The van der Waals surface area contributed by atoms with Crippen molar-refractivity contribution in [2.45, 2.75) is 43.8 Å². The molecule has 0 aliphatic heterocycles. The van der Waals surface area contributed by atoms with Gasteiger partial charge in [-0.3, -0.25) is 13.9 Å². The number of benzene rings is 4. The maximum absolute atomic E-state index is 14.4. The first-order chi connectivity index (χ1) is 21.5. The fourth-order valence-electron chi connectivity index (χ4n) is 4.76. The van der Waals surface area contributed by atoms with Crippen molar-refractivity contribution in [3.63, 3.8) is 0 Å². The minimum atomic E-state index is -4.34. The van der Waals surface area contributed by atoms with Crippen molar-refractivity contribution in [1.29, 1.82) is 0 Å². The third-order valence-corrected chi connectivity index (χ3v) is 9.20. The van der Waals surface area contributed by atoms with Gasteiger partial charge in [-0.1, -0.05) is 60.1 Å². The number of nitrogens with one attached hydrogen (secondary N) is 1. The molecule has 0 saturated heterocycles. The van der Waals surface area contributed by atoms with Gasteiger partial charge in [-0.25, -0.2) is 12.8 Å². The Labute approximate surface area is 268 Å². The van der Waals surface area contributed by atoms with Crippen molar-refractivity contribution in [2.75, 3.05) is 18.0 Å². The molecule has 1 unspecified atom stereocenters. The zero-order valence-electron chi connectivity index (χ0n) is 25.2. The van der Waals surface area contributed by atoms with Crippen molar-refractivity contribution >= 4 is 39.1 Å². The molecule has 0 saturated carbocycles. The number of rotatable bonds is 13. The highest BCUT2D eigenvalue weighted by atomic mass is 35.5. The molecule has 0 heterocycles. The quantitative estimate of drug-likeness (QED) is 0.196. The van der Waals surface area contributed by atoms with E-state index < -0.39 is 40.2 Å². The Morgan fingerprint density at radius 3 is 2.11 bits per heavy atom. The van der Waals surface area contributed by atoms with Crippen LogP contribution in [0.2, 0.25) is 5.02 Å². The van der Waals surface area contributed by atoms with E-state index in [0.717, 1.165) is 22.0 Å². The molecule has 1 atom stereocenters. The lowest BCUT2D eigenvalue weighted by Gasteiger charge is -2.34. The Morgan fingerprint density at radius 1 is 0.889 bits per heavy atom. The Bertz CT molecular complexity index is 1700. The number of ether oxygens (including phenoxy) is 1. The summed E-state index contributed by atoms with van der Waals surface area (Å²) < 4.78 is 48.1. The second-order valence-corrected chi connectivity index (χ2v) is 12.9. The molecule has 8 nitrogen and oxygen atoms in total. The Balaban J connectivity index is 1.81. The zero-order chi connectivity index (χ0) is 32.6. The van der Waals surface area contributed by atoms with Crippen LogP contribution in [0.15, 0.2) is 108 Å². The fraction of sp³-hybridized carbons (Fsp3) is 0.235. The molecule has 0 aliphatic carbocycles. The van der Waals surface area contributed by atoms with Crippen LogP contribution in [0.4, 0.5) is 10.1 Å². The lowest BCUT2D eigenvalue weighted by atomic mass is 10.0. The molecule has 45 heavy (non-hydrogen) atoms. The Morgan fingerprint density at radius 2 is 1.51 bits per heavy atom. The molecule has 0 radical (unpaired) electrons. The first kappa shape index (κ1) is 33.5. The van der Waals surface area contributed by atoms with Gasteiger partial charge in [0.25, 0.3) is 10.0 Å². The summed E-state index contributed by atoms with van der Waals surface area (Å²) >= 11 is 6.51. The number of carbonyl (C=O) groups is 2. The first-order valence-corrected chi connectivity index (χ1v) is 16.1. The monoisotopic (exact) mass is 651 g/mol. The lowest BCUT2D eigenvalue weighted by molar-refractivity contribution is -0.140. The number of sulfonamides is 1. The zero-order valence-corrected chi connectivity index (χ0v) is 26.8.